The molecule has 0 bridgehead atoms. The number of anilines is 2. The van der Waals surface area contributed by atoms with Crippen LogP contribution in [0.4, 0.5) is 47.3 Å². The van der Waals surface area contributed by atoms with Crippen molar-refractivity contribution in [3.05, 3.63) is 283 Å². The van der Waals surface area contributed by atoms with Crippen molar-refractivity contribution >= 4 is 63.9 Å². The largest absolute Gasteiger partial charge is 0.447 e. The van der Waals surface area contributed by atoms with E-state index in [4.69, 9.17) is 29.8 Å². The molecule has 6 N–H and O–H groups in total. The minimum Gasteiger partial charge on any atom is -0.447 e. The molecule has 23 nitrogen and oxygen atoms in total. The lowest BCUT2D eigenvalue weighted by atomic mass is 10.1. The number of nitrogens with two attached hydrogens (primary N) is 1. The van der Waals surface area contributed by atoms with Crippen molar-refractivity contribution in [2.75, 3.05) is 36.2 Å². The Morgan fingerprint density at radius 2 is 1.02 bits per heavy atom. The third kappa shape index (κ3) is 19.7. The molecule has 0 radical (unpaired) electrons. The third-order valence-corrected chi connectivity index (χ3v) is 19.0. The number of hydrogen-bond acceptors (Lipinski definition) is 16. The van der Waals surface area contributed by atoms with Crippen molar-refractivity contribution in [3.8, 4) is 5.75 Å². The molecule has 0 spiro atoms. The van der Waals surface area contributed by atoms with E-state index in [-0.39, 0.29) is 98.6 Å². The Labute approximate surface area is 631 Å². The van der Waals surface area contributed by atoms with Gasteiger partial charge in [-0.05, 0) is 108 Å². The molecule has 0 unspecified atom stereocenters. The van der Waals surface area contributed by atoms with Gasteiger partial charge < -0.3 is 50.6 Å². The van der Waals surface area contributed by atoms with Crippen LogP contribution in [0.2, 0.25) is 0 Å². The summed E-state index contributed by atoms with van der Waals surface area (Å²) >= 11 is 2.32. The molecule has 3 aromatic heterocycles. The zero-order valence-corrected chi connectivity index (χ0v) is 61.0. The van der Waals surface area contributed by atoms with Crippen molar-refractivity contribution in [1.29, 1.82) is 0 Å². The predicted molar refractivity (Wildman–Crippen MR) is 394 cm³/mol. The maximum atomic E-state index is 13.6. The number of cyclic esters (lactones) is 2. The molecule has 3 saturated heterocycles. The molecule has 10 aromatic rings. The number of nitrogens with one attached hydrogen (secondary N) is 3. The zero-order valence-electron chi connectivity index (χ0n) is 58.9. The number of esters is 1. The Morgan fingerprint density at radius 1 is 0.583 bits per heavy atom. The maximum absolute atomic E-state index is 13.6. The number of para-hydroxylation sites is 1. The van der Waals surface area contributed by atoms with E-state index in [0.29, 0.717) is 48.9 Å². The van der Waals surface area contributed by atoms with E-state index in [9.17, 15) is 50.3 Å². The van der Waals surface area contributed by atoms with Gasteiger partial charge >= 0.3 is 18.2 Å². The van der Waals surface area contributed by atoms with Gasteiger partial charge in [0.05, 0.1) is 114 Å². The molecule has 564 valence electrons. The number of amides is 4. The number of carbonyl (C=O) groups is 5. The average molecular weight is 1600 g/mol. The van der Waals surface area contributed by atoms with Crippen LogP contribution >= 0.6 is 22.6 Å². The van der Waals surface area contributed by atoms with Gasteiger partial charge in [-0.15, -0.1) is 0 Å². The van der Waals surface area contributed by atoms with E-state index in [0.717, 1.165) is 77.5 Å². The molecule has 7 atom stereocenters. The Kier molecular flexibility index (Phi) is 26.6. The quantitative estimate of drug-likeness (QED) is 0.0250. The lowest BCUT2D eigenvalue weighted by Gasteiger charge is -2.35. The number of hydrogen-bond donors (Lipinski definition) is 5. The molecule has 3 fully saturated rings. The average Bonchev–Trinajstić information content (AvgIpc) is 1.62. The number of halogens is 7. The number of nitrogens with zero attached hydrogens (tertiary/aromatic N) is 9. The Balaban J connectivity index is 0.000000137. The zero-order chi connectivity index (χ0) is 76.5. The topological polar surface area (TPSA) is 268 Å². The monoisotopic (exact) mass is 1600 g/mol. The van der Waals surface area contributed by atoms with E-state index in [2.05, 4.69) is 72.4 Å². The van der Waals surface area contributed by atoms with Gasteiger partial charge in [-0.3, -0.25) is 38.2 Å². The van der Waals surface area contributed by atoms with Crippen molar-refractivity contribution in [2.45, 2.75) is 115 Å². The van der Waals surface area contributed by atoms with Crippen LogP contribution in [-0.4, -0.2) is 114 Å². The van der Waals surface area contributed by atoms with Crippen molar-refractivity contribution < 1.29 is 74.4 Å². The van der Waals surface area contributed by atoms with Crippen LogP contribution < -0.4 is 36.2 Å². The minimum atomic E-state index is -1.57. The number of aliphatic hydroxyl groups excluding tert-OH is 1. The van der Waals surface area contributed by atoms with Crippen molar-refractivity contribution in [2.24, 2.45) is 5.73 Å². The normalized spacial score (nSPS) is 19.0. The van der Waals surface area contributed by atoms with Crippen LogP contribution in [0.3, 0.4) is 0 Å². The SMILES string of the molecule is C[C@H]1Cn2ncc(I)c2CN1.C[C@H]1Cn2ncc(N3C(=O)OC[C@H]3c3ccccc3)c2CN1.C[C@H]1Cn2ncc(N3C(=O)OC[C@H]3c3ccccc3)c2CN1C(=O)Cc1cc(F)c(F)c(F)c1.N[C@@H](CO)c1ccccc1.O=C(Cc1cc(F)c(F)c(F)c1)Oc1ccccc1.O=C1CO[C@@H](c2ccccc2)N1. The molecule has 4 amide bonds. The van der Waals surface area contributed by atoms with Gasteiger partial charge in [-0.1, -0.05) is 140 Å². The second-order valence-corrected chi connectivity index (χ2v) is 27.0. The van der Waals surface area contributed by atoms with Crippen LogP contribution in [-0.2, 0) is 80.7 Å². The van der Waals surface area contributed by atoms with E-state index in [1.54, 1.807) is 57.2 Å². The number of rotatable bonds is 12. The molecule has 6 aliphatic rings. The van der Waals surface area contributed by atoms with Crippen LogP contribution in [0.1, 0.15) is 95.6 Å². The summed E-state index contributed by atoms with van der Waals surface area (Å²) in [4.78, 5) is 65.1. The molecule has 108 heavy (non-hydrogen) atoms. The predicted octanol–water partition coefficient (Wildman–Crippen LogP) is 11.8. The molecule has 30 heteroatoms. The lowest BCUT2D eigenvalue weighted by molar-refractivity contribution is -0.135. The Bertz CT molecular complexity index is 4680. The molecule has 9 heterocycles. The molecule has 6 aliphatic heterocycles. The van der Waals surface area contributed by atoms with E-state index in [1.807, 2.05) is 139 Å². The highest BCUT2D eigenvalue weighted by Gasteiger charge is 2.41. The van der Waals surface area contributed by atoms with Gasteiger partial charge in [0.15, 0.2) is 41.1 Å². The first-order valence-corrected chi connectivity index (χ1v) is 35.7. The minimum absolute atomic E-state index is 0.00398. The molecule has 0 aliphatic carbocycles. The van der Waals surface area contributed by atoms with Crippen LogP contribution in [0.25, 0.3) is 0 Å². The maximum Gasteiger partial charge on any atom is 0.415 e. The highest BCUT2D eigenvalue weighted by Crippen LogP contribution is 2.39. The summed E-state index contributed by atoms with van der Waals surface area (Å²) in [7, 11) is 0. The first-order valence-electron chi connectivity index (χ1n) is 34.6. The number of fused-ring (bicyclic) bond motifs is 3. The van der Waals surface area contributed by atoms with E-state index in [1.165, 1.54) is 14.2 Å². The second kappa shape index (κ2) is 36.7. The highest BCUT2D eigenvalue weighted by molar-refractivity contribution is 14.1. The number of benzene rings is 7. The van der Waals surface area contributed by atoms with E-state index < -0.39 is 47.0 Å². The fraction of sp³-hybridized carbons (Fsp3) is 0.282. The standard InChI is InChI=1S/C24H21F3N4O3.C16H18N4O2.C14H9F3O2.C9H9NO2.C8H11NO.C7H10IN3/c1-14-11-30-20(12-29(14)22(32)9-15-7-17(25)23(27)18(26)8-15)19(10-28-30)31-21(13-34-24(31)33)16-5-3-2-4-6-16;1-11-9-19-13(7-17-11)14(8-18-19)20-15(10-22-16(20)21)12-5-3-2-4-6-12;15-11-6-9(7-12(16)14(11)17)8-13(18)19-10-4-2-1-3-5-10;11-8-6-12-9(10-8)7-4-2-1-3-5-7;9-8(6-10)7-4-2-1-3-5-7;1-5-4-11-7(3-9-5)6(8)2-10-11/h2-8,10,14,21H,9,11-13H2,1H3;2-6,8,11,15,17H,7,9-10H2,1H3;1-7H,8H2;1-5,9H,6H2,(H,10,11);1-5,8,10H,6,9H2;2,5,9H,3-4H2,1H3/t14-,21-;11-,15-;;9-;8-;5-/m00.000/s1. The second-order valence-electron chi connectivity index (χ2n) is 25.9. The molecule has 16 rings (SSSR count). The number of carbonyl (C=O) groups excluding carboxylic acids is 5. The van der Waals surface area contributed by atoms with E-state index >= 15 is 0 Å². The van der Waals surface area contributed by atoms with Crippen LogP contribution in [0.5, 0.6) is 5.75 Å². The van der Waals surface area contributed by atoms with Crippen molar-refractivity contribution in [1.82, 2.24) is 50.2 Å². The lowest BCUT2D eigenvalue weighted by Crippen LogP contribution is -2.46. The van der Waals surface area contributed by atoms with Gasteiger partial charge in [0.1, 0.15) is 25.6 Å². The van der Waals surface area contributed by atoms with Gasteiger partial charge in [-0.25, -0.2) is 35.9 Å². The van der Waals surface area contributed by atoms with Crippen LogP contribution in [0.15, 0.2) is 195 Å². The Morgan fingerprint density at radius 3 is 1.51 bits per heavy atom. The first-order chi connectivity index (χ1) is 52.1. The number of ether oxygens (including phenoxy) is 4. The Hall–Kier alpha value is -10.8. The highest BCUT2D eigenvalue weighted by atomic mass is 127. The van der Waals surface area contributed by atoms with Gasteiger partial charge in [0.2, 0.25) is 11.8 Å². The van der Waals surface area contributed by atoms with Gasteiger partial charge in [-0.2, -0.15) is 15.3 Å². The number of aromatic nitrogens is 6. The third-order valence-electron chi connectivity index (χ3n) is 18.1. The van der Waals surface area contributed by atoms with Gasteiger partial charge in [0.25, 0.3) is 0 Å². The summed E-state index contributed by atoms with van der Waals surface area (Å²) in [6.45, 7) is 10.9. The smallest absolute Gasteiger partial charge is 0.415 e. The molecular weight excluding hydrogens is 1520 g/mol. The summed E-state index contributed by atoms with van der Waals surface area (Å²) in [5.74, 6) is -9.24. The molecule has 0 saturated carbocycles. The molecule has 7 aromatic carbocycles. The number of aliphatic hydroxyl groups is 1. The summed E-state index contributed by atoms with van der Waals surface area (Å²) < 4.78 is 107. The fourth-order valence-corrected chi connectivity index (χ4v) is 13.1. The summed E-state index contributed by atoms with van der Waals surface area (Å²) in [6, 6.07) is 50.1. The van der Waals surface area contributed by atoms with Gasteiger partial charge in [0, 0.05) is 36.8 Å². The first kappa shape index (κ1) is 78.3. The van der Waals surface area contributed by atoms with Crippen LogP contribution in [0, 0.1) is 38.5 Å². The summed E-state index contributed by atoms with van der Waals surface area (Å²) in [5, 5.41) is 31.3. The molecular formula is C78H78F6IN13O10. The van der Waals surface area contributed by atoms with Crippen molar-refractivity contribution in [3.63, 3.8) is 0 Å². The fourth-order valence-electron chi connectivity index (χ4n) is 12.5. The summed E-state index contributed by atoms with van der Waals surface area (Å²) in [6.07, 6.45) is 3.60. The summed E-state index contributed by atoms with van der Waals surface area (Å²) in [5.41, 5.74) is 13.9.